The van der Waals surface area contributed by atoms with Crippen molar-refractivity contribution in [2.24, 2.45) is 0 Å². The molecule has 0 saturated carbocycles. The lowest BCUT2D eigenvalue weighted by molar-refractivity contribution is 1.28. The van der Waals surface area contributed by atoms with Gasteiger partial charge in [-0.05, 0) is 98.2 Å². The average Bonchev–Trinajstić information content (AvgIpc) is 3.63. The molecule has 0 atom stereocenters. The summed E-state index contributed by atoms with van der Waals surface area (Å²) in [5, 5.41) is 5.14. The standard InChI is InChI=1S/C52H35NS/c1-2-12-36(13-3-1)37-28-31-43(32-29-37)53(50-22-8-6-19-47(50)42-30-33-52-49(35-42)48-20-7-9-23-51(48)54-52)44-17-10-16-41(34-44)38-24-26-40(27-25-38)46-21-11-15-39-14-4-5-18-45(39)46/h1-35H. The minimum Gasteiger partial charge on any atom is -0.310 e. The van der Waals surface area contributed by atoms with Crippen LogP contribution in [-0.4, -0.2) is 0 Å². The van der Waals surface area contributed by atoms with E-state index >= 15 is 0 Å². The second-order valence-electron chi connectivity index (χ2n) is 13.7. The topological polar surface area (TPSA) is 3.24 Å². The van der Waals surface area contributed by atoms with Gasteiger partial charge in [-0.15, -0.1) is 11.3 Å². The Bertz CT molecular complexity index is 2920. The molecule has 10 rings (SSSR count). The molecule has 0 N–H and O–H groups in total. The van der Waals surface area contributed by atoms with Gasteiger partial charge in [0.05, 0.1) is 5.69 Å². The van der Waals surface area contributed by atoms with Gasteiger partial charge in [0.1, 0.15) is 0 Å². The normalized spacial score (nSPS) is 11.3. The van der Waals surface area contributed by atoms with Gasteiger partial charge < -0.3 is 4.90 Å². The number of benzene rings is 9. The van der Waals surface area contributed by atoms with Gasteiger partial charge in [0.15, 0.2) is 0 Å². The molecule has 0 unspecified atom stereocenters. The second-order valence-corrected chi connectivity index (χ2v) is 14.8. The van der Waals surface area contributed by atoms with Crippen LogP contribution in [-0.2, 0) is 0 Å². The molecule has 1 nitrogen and oxygen atoms in total. The molecule has 0 aliphatic heterocycles. The molecule has 2 heteroatoms. The zero-order valence-corrected chi connectivity index (χ0v) is 30.4. The summed E-state index contributed by atoms with van der Waals surface area (Å²) in [5.41, 5.74) is 13.0. The van der Waals surface area contributed by atoms with Crippen molar-refractivity contribution in [3.63, 3.8) is 0 Å². The molecule has 0 spiro atoms. The van der Waals surface area contributed by atoms with E-state index in [1.54, 1.807) is 0 Å². The number of thiophene rings is 1. The lowest BCUT2D eigenvalue weighted by atomic mass is 9.96. The van der Waals surface area contributed by atoms with Crippen LogP contribution in [0, 0.1) is 0 Å². The fourth-order valence-electron chi connectivity index (χ4n) is 7.81. The summed E-state index contributed by atoms with van der Waals surface area (Å²) in [6, 6.07) is 77.2. The molecule has 54 heavy (non-hydrogen) atoms. The molecular formula is C52H35NS. The van der Waals surface area contributed by atoms with Gasteiger partial charge in [-0.2, -0.15) is 0 Å². The number of nitrogens with zero attached hydrogens (tertiary/aromatic N) is 1. The molecule has 0 bridgehead atoms. The monoisotopic (exact) mass is 705 g/mol. The molecule has 254 valence electrons. The lowest BCUT2D eigenvalue weighted by Crippen LogP contribution is -2.11. The van der Waals surface area contributed by atoms with Crippen LogP contribution in [0.3, 0.4) is 0 Å². The first kappa shape index (κ1) is 32.0. The summed E-state index contributed by atoms with van der Waals surface area (Å²) in [4.78, 5) is 2.41. The van der Waals surface area contributed by atoms with Crippen molar-refractivity contribution in [2.45, 2.75) is 0 Å². The quantitative estimate of drug-likeness (QED) is 0.160. The Balaban J connectivity index is 1.09. The minimum atomic E-state index is 1.10. The number of hydrogen-bond donors (Lipinski definition) is 0. The highest BCUT2D eigenvalue weighted by Crippen LogP contribution is 2.44. The summed E-state index contributed by atoms with van der Waals surface area (Å²) in [6.07, 6.45) is 0. The number of rotatable bonds is 7. The first-order chi connectivity index (χ1) is 26.8. The van der Waals surface area contributed by atoms with Crippen molar-refractivity contribution in [1.82, 2.24) is 0 Å². The van der Waals surface area contributed by atoms with Crippen LogP contribution in [0.5, 0.6) is 0 Å². The van der Waals surface area contributed by atoms with E-state index in [4.69, 9.17) is 0 Å². The Kier molecular flexibility index (Phi) is 8.09. The van der Waals surface area contributed by atoms with Crippen LogP contribution in [0.2, 0.25) is 0 Å². The average molecular weight is 706 g/mol. The first-order valence-electron chi connectivity index (χ1n) is 18.4. The number of fused-ring (bicyclic) bond motifs is 4. The Morgan fingerprint density at radius 3 is 1.74 bits per heavy atom. The fraction of sp³-hybridized carbons (Fsp3) is 0. The van der Waals surface area contributed by atoms with Gasteiger partial charge in [-0.1, -0.05) is 164 Å². The maximum absolute atomic E-state index is 2.41. The third-order valence-electron chi connectivity index (χ3n) is 10.5. The molecule has 0 radical (unpaired) electrons. The second kappa shape index (κ2) is 13.7. The third kappa shape index (κ3) is 5.84. The Morgan fingerprint density at radius 1 is 0.296 bits per heavy atom. The third-order valence-corrected chi connectivity index (χ3v) is 11.6. The highest BCUT2D eigenvalue weighted by molar-refractivity contribution is 7.25. The first-order valence-corrected chi connectivity index (χ1v) is 19.2. The molecule has 1 heterocycles. The summed E-state index contributed by atoms with van der Waals surface area (Å²) in [7, 11) is 0. The summed E-state index contributed by atoms with van der Waals surface area (Å²) in [5.74, 6) is 0. The predicted octanol–water partition coefficient (Wildman–Crippen LogP) is 15.3. The zero-order chi connectivity index (χ0) is 35.8. The van der Waals surface area contributed by atoms with Crippen molar-refractivity contribution >= 4 is 59.3 Å². The van der Waals surface area contributed by atoms with Crippen molar-refractivity contribution in [3.05, 3.63) is 212 Å². The van der Waals surface area contributed by atoms with E-state index in [0.29, 0.717) is 0 Å². The molecule has 10 aromatic rings. The van der Waals surface area contributed by atoms with Gasteiger partial charge in [0.2, 0.25) is 0 Å². The van der Waals surface area contributed by atoms with Crippen molar-refractivity contribution in [1.29, 1.82) is 0 Å². The van der Waals surface area contributed by atoms with Crippen LogP contribution >= 0.6 is 11.3 Å². The summed E-state index contributed by atoms with van der Waals surface area (Å²) < 4.78 is 2.63. The van der Waals surface area contributed by atoms with E-state index in [2.05, 4.69) is 217 Å². The Hall–Kier alpha value is -6.74. The SMILES string of the molecule is c1ccc(-c2ccc(N(c3cccc(-c4ccc(-c5cccc6ccccc56)cc4)c3)c3ccccc3-c3ccc4sc5ccccc5c4c3)cc2)cc1. The Labute approximate surface area is 319 Å². The van der Waals surface area contributed by atoms with E-state index in [1.165, 1.54) is 75.5 Å². The molecule has 0 aliphatic rings. The van der Waals surface area contributed by atoms with E-state index < -0.39 is 0 Å². The van der Waals surface area contributed by atoms with Crippen LogP contribution in [0.1, 0.15) is 0 Å². The van der Waals surface area contributed by atoms with Crippen molar-refractivity contribution in [2.75, 3.05) is 4.90 Å². The van der Waals surface area contributed by atoms with E-state index in [9.17, 15) is 0 Å². The maximum Gasteiger partial charge on any atom is 0.0540 e. The molecule has 1 aromatic heterocycles. The summed E-state index contributed by atoms with van der Waals surface area (Å²) >= 11 is 1.86. The van der Waals surface area contributed by atoms with Gasteiger partial charge >= 0.3 is 0 Å². The largest absolute Gasteiger partial charge is 0.310 e. The molecule has 0 saturated heterocycles. The van der Waals surface area contributed by atoms with E-state index in [-0.39, 0.29) is 0 Å². The number of para-hydroxylation sites is 1. The van der Waals surface area contributed by atoms with Gasteiger partial charge in [-0.3, -0.25) is 0 Å². The molecule has 0 aliphatic carbocycles. The van der Waals surface area contributed by atoms with Crippen LogP contribution in [0.4, 0.5) is 17.1 Å². The highest BCUT2D eigenvalue weighted by Gasteiger charge is 2.19. The minimum absolute atomic E-state index is 1.10. The fourth-order valence-corrected chi connectivity index (χ4v) is 8.90. The predicted molar refractivity (Wildman–Crippen MR) is 233 cm³/mol. The number of anilines is 3. The van der Waals surface area contributed by atoms with Gasteiger partial charge in [0, 0.05) is 37.1 Å². The van der Waals surface area contributed by atoms with Crippen LogP contribution in [0.15, 0.2) is 212 Å². The van der Waals surface area contributed by atoms with Crippen LogP contribution in [0.25, 0.3) is 75.5 Å². The lowest BCUT2D eigenvalue weighted by Gasteiger charge is -2.28. The number of hydrogen-bond acceptors (Lipinski definition) is 2. The van der Waals surface area contributed by atoms with Crippen molar-refractivity contribution < 1.29 is 0 Å². The molecular weight excluding hydrogens is 671 g/mol. The molecule has 9 aromatic carbocycles. The molecule has 0 fully saturated rings. The smallest absolute Gasteiger partial charge is 0.0540 e. The van der Waals surface area contributed by atoms with Crippen LogP contribution < -0.4 is 4.90 Å². The van der Waals surface area contributed by atoms with Gasteiger partial charge in [-0.25, -0.2) is 0 Å². The van der Waals surface area contributed by atoms with Gasteiger partial charge in [0.25, 0.3) is 0 Å². The highest BCUT2D eigenvalue weighted by atomic mass is 32.1. The molecule has 0 amide bonds. The Morgan fingerprint density at radius 2 is 0.870 bits per heavy atom. The van der Waals surface area contributed by atoms with Crippen molar-refractivity contribution in [3.8, 4) is 44.5 Å². The summed E-state index contributed by atoms with van der Waals surface area (Å²) in [6.45, 7) is 0. The maximum atomic E-state index is 2.41. The van der Waals surface area contributed by atoms with E-state index in [0.717, 1.165) is 17.1 Å². The van der Waals surface area contributed by atoms with E-state index in [1.807, 2.05) is 11.3 Å². The zero-order valence-electron chi connectivity index (χ0n) is 29.6.